The first kappa shape index (κ1) is 13.2. The van der Waals surface area contributed by atoms with Crippen LogP contribution < -0.4 is 16.6 Å². The summed E-state index contributed by atoms with van der Waals surface area (Å²) in [7, 11) is 0. The van der Waals surface area contributed by atoms with Crippen molar-refractivity contribution in [2.45, 2.75) is 33.2 Å². The van der Waals surface area contributed by atoms with E-state index in [1.165, 1.54) is 0 Å². The minimum atomic E-state index is 0.434. The summed E-state index contributed by atoms with van der Waals surface area (Å²) < 4.78 is 4.89. The van der Waals surface area contributed by atoms with Crippen LogP contribution in [0.25, 0.3) is 0 Å². The summed E-state index contributed by atoms with van der Waals surface area (Å²) in [6, 6.07) is 1.73. The van der Waals surface area contributed by atoms with Crippen molar-refractivity contribution in [2.24, 2.45) is 5.84 Å². The molecule has 8 nitrogen and oxygen atoms in total. The predicted molar refractivity (Wildman–Crippen MR) is 70.2 cm³/mol. The summed E-state index contributed by atoms with van der Waals surface area (Å²) in [5.41, 5.74) is 2.53. The van der Waals surface area contributed by atoms with Crippen molar-refractivity contribution in [3.05, 3.63) is 23.6 Å². The molecule has 2 heterocycles. The molecule has 0 bridgehead atoms. The van der Waals surface area contributed by atoms with Crippen molar-refractivity contribution < 1.29 is 4.52 Å². The SMILES string of the molecule is CCCc1nc(NN)cc(NCc2noc(C)n2)n1. The topological polar surface area (TPSA) is 115 Å². The van der Waals surface area contributed by atoms with E-state index in [1.807, 2.05) is 0 Å². The highest BCUT2D eigenvalue weighted by molar-refractivity contribution is 5.46. The molecule has 0 amide bonds. The standard InChI is InChI=1S/C11H17N7O/c1-3-4-8-15-9(5-10(16-8)17-12)13-6-11-14-7(2)19-18-11/h5H,3-4,6,12H2,1-2H3,(H2,13,15,16,17). The van der Waals surface area contributed by atoms with E-state index in [4.69, 9.17) is 10.4 Å². The van der Waals surface area contributed by atoms with Crippen molar-refractivity contribution >= 4 is 11.6 Å². The van der Waals surface area contributed by atoms with E-state index >= 15 is 0 Å². The number of hydrogen-bond donors (Lipinski definition) is 3. The number of anilines is 2. The molecule has 0 spiro atoms. The third-order valence-electron chi connectivity index (χ3n) is 2.39. The first-order valence-corrected chi connectivity index (χ1v) is 6.09. The molecular formula is C11H17N7O. The van der Waals surface area contributed by atoms with Gasteiger partial charge in [-0.25, -0.2) is 15.8 Å². The second kappa shape index (κ2) is 6.10. The second-order valence-corrected chi connectivity index (χ2v) is 4.03. The van der Waals surface area contributed by atoms with Crippen LogP contribution in [0.4, 0.5) is 11.6 Å². The third-order valence-corrected chi connectivity index (χ3v) is 2.39. The van der Waals surface area contributed by atoms with Gasteiger partial charge in [0.05, 0.1) is 6.54 Å². The normalized spacial score (nSPS) is 10.5. The number of hydrogen-bond acceptors (Lipinski definition) is 8. The molecule has 2 aromatic rings. The molecule has 102 valence electrons. The molecule has 0 atom stereocenters. The zero-order valence-corrected chi connectivity index (χ0v) is 11.0. The molecule has 19 heavy (non-hydrogen) atoms. The van der Waals surface area contributed by atoms with Gasteiger partial charge in [0.25, 0.3) is 0 Å². The number of aryl methyl sites for hydroxylation is 2. The van der Waals surface area contributed by atoms with Gasteiger partial charge in [-0.1, -0.05) is 12.1 Å². The van der Waals surface area contributed by atoms with E-state index < -0.39 is 0 Å². The van der Waals surface area contributed by atoms with Gasteiger partial charge < -0.3 is 15.3 Å². The number of aromatic nitrogens is 4. The lowest BCUT2D eigenvalue weighted by Gasteiger charge is -2.07. The Labute approximate surface area is 110 Å². The van der Waals surface area contributed by atoms with E-state index in [9.17, 15) is 0 Å². The molecule has 0 aliphatic carbocycles. The molecule has 0 aliphatic heterocycles. The maximum atomic E-state index is 5.39. The summed E-state index contributed by atoms with van der Waals surface area (Å²) in [4.78, 5) is 12.8. The fraction of sp³-hybridized carbons (Fsp3) is 0.455. The van der Waals surface area contributed by atoms with Crippen LogP contribution in [0.1, 0.15) is 30.9 Å². The van der Waals surface area contributed by atoms with Crippen molar-refractivity contribution in [3.63, 3.8) is 0 Å². The average Bonchev–Trinajstić information content (AvgIpc) is 2.82. The quantitative estimate of drug-likeness (QED) is 0.522. The van der Waals surface area contributed by atoms with Crippen molar-refractivity contribution in [1.29, 1.82) is 0 Å². The van der Waals surface area contributed by atoms with Crippen molar-refractivity contribution in [3.8, 4) is 0 Å². The molecule has 8 heteroatoms. The second-order valence-electron chi connectivity index (χ2n) is 4.03. The van der Waals surface area contributed by atoms with Gasteiger partial charge in [-0.2, -0.15) is 4.98 Å². The molecule has 2 rings (SSSR count). The van der Waals surface area contributed by atoms with Gasteiger partial charge in [0.1, 0.15) is 17.5 Å². The summed E-state index contributed by atoms with van der Waals surface area (Å²) in [5.74, 6) is 8.49. The number of nitrogen functional groups attached to an aromatic ring is 1. The Morgan fingerprint density at radius 2 is 2.00 bits per heavy atom. The first-order chi connectivity index (χ1) is 9.21. The van der Waals surface area contributed by atoms with Crippen LogP contribution in [0.15, 0.2) is 10.6 Å². The first-order valence-electron chi connectivity index (χ1n) is 6.09. The third kappa shape index (κ3) is 3.62. The van der Waals surface area contributed by atoms with Crippen molar-refractivity contribution in [1.82, 2.24) is 20.1 Å². The number of nitrogens with zero attached hydrogens (tertiary/aromatic N) is 4. The summed E-state index contributed by atoms with van der Waals surface area (Å²) in [6.07, 6.45) is 1.77. The molecule has 4 N–H and O–H groups in total. The van der Waals surface area contributed by atoms with Crippen LogP contribution in [0, 0.1) is 6.92 Å². The number of rotatable bonds is 6. The Morgan fingerprint density at radius 1 is 1.21 bits per heavy atom. The zero-order valence-electron chi connectivity index (χ0n) is 11.0. The monoisotopic (exact) mass is 263 g/mol. The Kier molecular flexibility index (Phi) is 4.24. The fourth-order valence-corrected chi connectivity index (χ4v) is 1.58. The Balaban J connectivity index is 2.08. The van der Waals surface area contributed by atoms with E-state index in [0.717, 1.165) is 18.7 Å². The maximum Gasteiger partial charge on any atom is 0.223 e. The minimum Gasteiger partial charge on any atom is -0.362 e. The maximum absolute atomic E-state index is 5.39. The van der Waals surface area contributed by atoms with E-state index in [1.54, 1.807) is 13.0 Å². The van der Waals surface area contributed by atoms with Crippen LogP contribution >= 0.6 is 0 Å². The van der Waals surface area contributed by atoms with Crippen LogP contribution in [-0.2, 0) is 13.0 Å². The highest BCUT2D eigenvalue weighted by atomic mass is 16.5. The van der Waals surface area contributed by atoms with E-state index in [-0.39, 0.29) is 0 Å². The molecule has 0 fully saturated rings. The summed E-state index contributed by atoms with van der Waals surface area (Å²) in [6.45, 7) is 4.25. The Hall–Kier alpha value is -2.22. The van der Waals surface area contributed by atoms with E-state index in [2.05, 4.69) is 37.8 Å². The lowest BCUT2D eigenvalue weighted by atomic mass is 10.3. The molecule has 0 aromatic carbocycles. The van der Waals surface area contributed by atoms with Crippen LogP contribution in [0.3, 0.4) is 0 Å². The van der Waals surface area contributed by atoms with Gasteiger partial charge in [-0.05, 0) is 6.42 Å². The molecule has 0 saturated carbocycles. The van der Waals surface area contributed by atoms with Gasteiger partial charge in [0.2, 0.25) is 5.89 Å². The number of hydrazine groups is 1. The van der Waals surface area contributed by atoms with Crippen LogP contribution in [0.2, 0.25) is 0 Å². The molecule has 0 radical (unpaired) electrons. The minimum absolute atomic E-state index is 0.434. The van der Waals surface area contributed by atoms with E-state index in [0.29, 0.717) is 29.9 Å². The summed E-state index contributed by atoms with van der Waals surface area (Å²) in [5, 5.41) is 6.92. The fourth-order valence-electron chi connectivity index (χ4n) is 1.58. The number of nitrogens with one attached hydrogen (secondary N) is 2. The zero-order chi connectivity index (χ0) is 13.7. The van der Waals surface area contributed by atoms with Gasteiger partial charge in [0.15, 0.2) is 5.82 Å². The highest BCUT2D eigenvalue weighted by Crippen LogP contribution is 2.12. The van der Waals surface area contributed by atoms with Gasteiger partial charge >= 0.3 is 0 Å². The highest BCUT2D eigenvalue weighted by Gasteiger charge is 2.06. The molecular weight excluding hydrogens is 246 g/mol. The smallest absolute Gasteiger partial charge is 0.223 e. The Morgan fingerprint density at radius 3 is 2.63 bits per heavy atom. The van der Waals surface area contributed by atoms with Gasteiger partial charge in [-0.3, -0.25) is 0 Å². The molecule has 2 aromatic heterocycles. The Bertz CT molecular complexity index is 540. The van der Waals surface area contributed by atoms with Crippen LogP contribution in [-0.4, -0.2) is 20.1 Å². The molecule has 0 aliphatic rings. The van der Waals surface area contributed by atoms with Crippen molar-refractivity contribution in [2.75, 3.05) is 10.7 Å². The average molecular weight is 263 g/mol. The lowest BCUT2D eigenvalue weighted by Crippen LogP contribution is -2.12. The number of nitrogens with two attached hydrogens (primary N) is 1. The predicted octanol–water partition coefficient (Wildman–Crippen LogP) is 1.02. The lowest BCUT2D eigenvalue weighted by molar-refractivity contribution is 0.388. The van der Waals surface area contributed by atoms with Gasteiger partial charge in [-0.15, -0.1) is 0 Å². The largest absolute Gasteiger partial charge is 0.362 e. The molecule has 0 unspecified atom stereocenters. The molecule has 0 saturated heterocycles. The van der Waals surface area contributed by atoms with Crippen LogP contribution in [0.5, 0.6) is 0 Å². The summed E-state index contributed by atoms with van der Waals surface area (Å²) >= 11 is 0. The van der Waals surface area contributed by atoms with Gasteiger partial charge in [0, 0.05) is 19.4 Å².